The Morgan fingerprint density at radius 1 is 0.536 bits per heavy atom. The molecule has 5 aromatic carbocycles. The Hall–Kier alpha value is -4.14. The Morgan fingerprint density at radius 2 is 1.04 bits per heavy atom. The fourth-order valence-electron chi connectivity index (χ4n) is 9.32. The van der Waals surface area contributed by atoms with E-state index in [0.29, 0.717) is 6.61 Å². The van der Waals surface area contributed by atoms with Gasteiger partial charge in [-0.05, 0) is 123 Å². The smallest absolute Gasteiger partial charge is 0.122 e. The van der Waals surface area contributed by atoms with Crippen LogP contribution in [0.4, 0.5) is 0 Å². The fraction of sp³-hybridized carbons (Fsp3) is 0.407. The molecule has 5 aromatic rings. The first-order valence-corrected chi connectivity index (χ1v) is 25.3. The minimum absolute atomic E-state index is 0.276. The zero-order valence-corrected chi connectivity index (χ0v) is 36.6. The Labute approximate surface area is 341 Å². The molecule has 0 heterocycles. The quantitative estimate of drug-likeness (QED) is 0.0411. The van der Waals surface area contributed by atoms with E-state index < -0.39 is 8.07 Å². The highest BCUT2D eigenvalue weighted by Gasteiger charge is 2.44. The number of hydrogen-bond donors (Lipinski definition) is 0. The van der Waals surface area contributed by atoms with Crippen LogP contribution in [-0.4, -0.2) is 14.7 Å². The normalized spacial score (nSPS) is 12.5. The van der Waals surface area contributed by atoms with Gasteiger partial charge in [0, 0.05) is 5.54 Å². The van der Waals surface area contributed by atoms with Crippen LogP contribution in [0.3, 0.4) is 0 Å². The van der Waals surface area contributed by atoms with Crippen molar-refractivity contribution in [2.24, 2.45) is 0 Å². The zero-order valence-electron chi connectivity index (χ0n) is 35.6. The fourth-order valence-corrected chi connectivity index (χ4v) is 13.0. The summed E-state index contributed by atoms with van der Waals surface area (Å²) in [5.74, 6) is 1.15. The lowest BCUT2D eigenvalue weighted by molar-refractivity contribution is 0.361. The van der Waals surface area contributed by atoms with Crippen molar-refractivity contribution in [3.8, 4) is 39.1 Å². The molecule has 0 bridgehead atoms. The summed E-state index contributed by atoms with van der Waals surface area (Å²) in [4.78, 5) is 0. The van der Waals surface area contributed by atoms with Gasteiger partial charge >= 0.3 is 0 Å². The molecule has 0 aliphatic heterocycles. The van der Waals surface area contributed by atoms with Gasteiger partial charge in [-0.15, -0.1) is 0 Å². The molecule has 0 unspecified atom stereocenters. The third kappa shape index (κ3) is 9.18. The Morgan fingerprint density at radius 3 is 1.55 bits per heavy atom. The van der Waals surface area contributed by atoms with Crippen molar-refractivity contribution in [2.75, 3.05) is 6.61 Å². The van der Waals surface area contributed by atoms with E-state index in [0.717, 1.165) is 31.4 Å². The van der Waals surface area contributed by atoms with Gasteiger partial charge in [0.1, 0.15) is 12.4 Å². The topological polar surface area (TPSA) is 9.23 Å². The van der Waals surface area contributed by atoms with E-state index in [1.807, 2.05) is 6.08 Å². The summed E-state index contributed by atoms with van der Waals surface area (Å²) in [7, 11) is -2.38. The maximum atomic E-state index is 6.86. The molecule has 56 heavy (non-hydrogen) atoms. The summed E-state index contributed by atoms with van der Waals surface area (Å²) in [6.07, 6.45) is 18.6. The van der Waals surface area contributed by atoms with Crippen molar-refractivity contribution in [3.05, 3.63) is 143 Å². The van der Waals surface area contributed by atoms with Crippen LogP contribution < -0.4 is 9.92 Å². The van der Waals surface area contributed by atoms with Gasteiger partial charge < -0.3 is 4.74 Å². The molecule has 1 nitrogen and oxygen atoms in total. The molecule has 0 radical (unpaired) electrons. The number of unbranched alkanes of at least 4 members (excludes halogenated alkanes) is 6. The molecule has 2 heteroatoms. The van der Waals surface area contributed by atoms with Gasteiger partial charge in [0.25, 0.3) is 0 Å². The SMILES string of the molecule is C=CCOc1c(CCCCC)cc(CCCCC)cc1[Si](C)(C)C1c2cc(-c3ccccc3CCCC)ccc2-c2ccc(-c3ccccc3CCCC)cc21. The summed E-state index contributed by atoms with van der Waals surface area (Å²) >= 11 is 0. The number of fused-ring (bicyclic) bond motifs is 3. The van der Waals surface area contributed by atoms with E-state index in [-0.39, 0.29) is 5.54 Å². The van der Waals surface area contributed by atoms with E-state index in [4.69, 9.17) is 4.74 Å². The van der Waals surface area contributed by atoms with Crippen LogP contribution in [0.2, 0.25) is 13.1 Å². The van der Waals surface area contributed by atoms with Gasteiger partial charge in [-0.3, -0.25) is 0 Å². The first-order valence-electron chi connectivity index (χ1n) is 22.2. The van der Waals surface area contributed by atoms with Crippen LogP contribution in [0.25, 0.3) is 33.4 Å². The van der Waals surface area contributed by atoms with Crippen LogP contribution in [0.1, 0.15) is 131 Å². The predicted molar refractivity (Wildman–Crippen MR) is 248 cm³/mol. The Balaban J connectivity index is 1.58. The molecule has 294 valence electrons. The largest absolute Gasteiger partial charge is 0.489 e. The lowest BCUT2D eigenvalue weighted by atomic mass is 9.93. The second-order valence-electron chi connectivity index (χ2n) is 16.9. The van der Waals surface area contributed by atoms with Gasteiger partial charge in [-0.1, -0.05) is 189 Å². The molecule has 0 N–H and O–H groups in total. The number of benzene rings is 5. The van der Waals surface area contributed by atoms with Crippen LogP contribution in [0, 0.1) is 0 Å². The van der Waals surface area contributed by atoms with Crippen molar-refractivity contribution < 1.29 is 4.74 Å². The van der Waals surface area contributed by atoms with Crippen LogP contribution in [0.5, 0.6) is 5.75 Å². The Kier molecular flexibility index (Phi) is 14.7. The minimum atomic E-state index is -2.38. The molecule has 0 spiro atoms. The van der Waals surface area contributed by atoms with Crippen LogP contribution in [0.15, 0.2) is 110 Å². The van der Waals surface area contributed by atoms with Gasteiger partial charge in [0.15, 0.2) is 0 Å². The average molecular weight is 761 g/mol. The van der Waals surface area contributed by atoms with Crippen LogP contribution in [-0.2, 0) is 25.7 Å². The maximum absolute atomic E-state index is 6.86. The van der Waals surface area contributed by atoms with Crippen molar-refractivity contribution in [1.29, 1.82) is 0 Å². The van der Waals surface area contributed by atoms with E-state index in [1.165, 1.54) is 136 Å². The molecule has 0 amide bonds. The number of rotatable bonds is 21. The molecule has 6 rings (SSSR count). The molecular weight excluding hydrogens is 693 g/mol. The van der Waals surface area contributed by atoms with Gasteiger partial charge in [-0.25, -0.2) is 0 Å². The van der Waals surface area contributed by atoms with Gasteiger partial charge in [0.2, 0.25) is 0 Å². The molecule has 0 atom stereocenters. The van der Waals surface area contributed by atoms with Crippen molar-refractivity contribution >= 4 is 13.3 Å². The van der Waals surface area contributed by atoms with Crippen LogP contribution >= 0.6 is 0 Å². The predicted octanol–water partition coefficient (Wildman–Crippen LogP) is 15.0. The highest BCUT2D eigenvalue weighted by atomic mass is 28.3. The third-order valence-corrected chi connectivity index (χ3v) is 16.2. The molecular formula is C54H68OSi. The molecule has 0 aromatic heterocycles. The van der Waals surface area contributed by atoms with E-state index in [9.17, 15) is 0 Å². The summed E-state index contributed by atoms with van der Waals surface area (Å²) in [6.45, 7) is 19.1. The zero-order chi connectivity index (χ0) is 39.5. The van der Waals surface area contributed by atoms with Crippen molar-refractivity contribution in [3.63, 3.8) is 0 Å². The molecule has 0 saturated heterocycles. The standard InChI is InChI=1S/C54H68OSi/c1-8-13-17-23-40-36-45(28-18-14-9-2)53(55-35-12-5)52(37-40)56(6,7)54-50-38-43(46-29-21-19-26-41(46)24-15-10-3)31-33-48(50)49-34-32-44(39-51(49)54)47-30-22-20-27-42(47)25-16-11-4/h12,19-22,26-27,29-34,36-39,54H,5,8-11,13-18,23-25,28,35H2,1-4,6-7H3. The van der Waals surface area contributed by atoms with E-state index in [1.54, 1.807) is 0 Å². The summed E-state index contributed by atoms with van der Waals surface area (Å²) in [5.41, 5.74) is 17.3. The summed E-state index contributed by atoms with van der Waals surface area (Å²) in [6, 6.07) is 38.2. The third-order valence-electron chi connectivity index (χ3n) is 12.4. The maximum Gasteiger partial charge on any atom is 0.122 e. The Bertz CT molecular complexity index is 1970. The second kappa shape index (κ2) is 19.8. The minimum Gasteiger partial charge on any atom is -0.489 e. The second-order valence-corrected chi connectivity index (χ2v) is 21.5. The monoisotopic (exact) mass is 761 g/mol. The average Bonchev–Trinajstić information content (AvgIpc) is 3.55. The molecule has 0 saturated carbocycles. The lowest BCUT2D eigenvalue weighted by Gasteiger charge is -2.35. The van der Waals surface area contributed by atoms with E-state index >= 15 is 0 Å². The van der Waals surface area contributed by atoms with Gasteiger partial charge in [-0.2, -0.15) is 0 Å². The van der Waals surface area contributed by atoms with E-state index in [2.05, 4.69) is 144 Å². The summed E-state index contributed by atoms with van der Waals surface area (Å²) < 4.78 is 6.86. The molecule has 1 aliphatic carbocycles. The van der Waals surface area contributed by atoms with Crippen molar-refractivity contribution in [1.82, 2.24) is 0 Å². The molecule has 0 fully saturated rings. The van der Waals surface area contributed by atoms with Crippen molar-refractivity contribution in [2.45, 2.75) is 136 Å². The highest BCUT2D eigenvalue weighted by molar-refractivity contribution is 6.92. The summed E-state index contributed by atoms with van der Waals surface area (Å²) in [5, 5.41) is 1.48. The number of aryl methyl sites for hydroxylation is 4. The first-order chi connectivity index (χ1) is 27.4. The lowest BCUT2D eigenvalue weighted by Crippen LogP contribution is -2.49. The highest BCUT2D eigenvalue weighted by Crippen LogP contribution is 2.52. The number of hydrogen-bond acceptors (Lipinski definition) is 1. The van der Waals surface area contributed by atoms with Gasteiger partial charge in [0.05, 0.1) is 8.07 Å². The first kappa shape index (κ1) is 41.5. The number of ether oxygens (including phenoxy) is 1. The molecule has 1 aliphatic rings.